The summed E-state index contributed by atoms with van der Waals surface area (Å²) < 4.78 is 30.5. The van der Waals surface area contributed by atoms with Gasteiger partial charge in [-0.2, -0.15) is 0 Å². The van der Waals surface area contributed by atoms with Gasteiger partial charge in [0.25, 0.3) is 0 Å². The average Bonchev–Trinajstić information content (AvgIpc) is 2.18. The van der Waals surface area contributed by atoms with Crippen LogP contribution in [0.25, 0.3) is 0 Å². The van der Waals surface area contributed by atoms with Crippen LogP contribution in [0, 0.1) is 0 Å². The zero-order chi connectivity index (χ0) is 11.3. The normalized spacial score (nSPS) is 19.7. The number of sulfonamides is 1. The lowest BCUT2D eigenvalue weighted by atomic mass is 10.2. The highest BCUT2D eigenvalue weighted by Gasteiger charge is 2.23. The van der Waals surface area contributed by atoms with Gasteiger partial charge in [0.1, 0.15) is 0 Å². The molecule has 0 spiro atoms. The molecule has 0 aromatic carbocycles. The Morgan fingerprint density at radius 1 is 1.20 bits per heavy atom. The van der Waals surface area contributed by atoms with E-state index in [1.807, 2.05) is 13.8 Å². The van der Waals surface area contributed by atoms with Gasteiger partial charge in [0.2, 0.25) is 10.0 Å². The van der Waals surface area contributed by atoms with E-state index in [1.54, 1.807) is 4.31 Å². The van der Waals surface area contributed by atoms with Gasteiger partial charge in [-0.1, -0.05) is 6.42 Å². The van der Waals surface area contributed by atoms with Crippen LogP contribution in [-0.4, -0.2) is 44.3 Å². The van der Waals surface area contributed by atoms with E-state index >= 15 is 0 Å². The van der Waals surface area contributed by atoms with Crippen LogP contribution in [0.4, 0.5) is 0 Å². The number of hydrogen-bond acceptors (Lipinski definition) is 3. The molecule has 5 heteroatoms. The molecule has 1 aliphatic rings. The maximum atomic E-state index is 11.8. The van der Waals surface area contributed by atoms with Crippen molar-refractivity contribution in [1.82, 2.24) is 4.31 Å². The van der Waals surface area contributed by atoms with Crippen molar-refractivity contribution in [2.24, 2.45) is 0 Å². The second-order valence-electron chi connectivity index (χ2n) is 4.20. The third-order valence-electron chi connectivity index (χ3n) is 2.50. The van der Waals surface area contributed by atoms with Crippen LogP contribution in [0.5, 0.6) is 0 Å². The lowest BCUT2D eigenvalue weighted by molar-refractivity contribution is 0.0906. The molecule has 1 aliphatic heterocycles. The first-order valence-corrected chi connectivity index (χ1v) is 7.23. The Bertz CT molecular complexity index is 268. The highest BCUT2D eigenvalue weighted by atomic mass is 32.2. The van der Waals surface area contributed by atoms with E-state index in [9.17, 15) is 8.42 Å². The van der Waals surface area contributed by atoms with Crippen molar-refractivity contribution in [1.29, 1.82) is 0 Å². The lowest BCUT2D eigenvalue weighted by Gasteiger charge is -2.25. The minimum absolute atomic E-state index is 0.0987. The molecule has 15 heavy (non-hydrogen) atoms. The van der Waals surface area contributed by atoms with Crippen molar-refractivity contribution in [2.45, 2.75) is 39.2 Å². The summed E-state index contributed by atoms with van der Waals surface area (Å²) in [5.74, 6) is 0.116. The molecule has 1 rings (SSSR count). The molecule has 1 fully saturated rings. The molecule has 0 unspecified atom stereocenters. The topological polar surface area (TPSA) is 46.6 Å². The summed E-state index contributed by atoms with van der Waals surface area (Å²) in [6.45, 7) is 5.49. The Morgan fingerprint density at radius 3 is 2.33 bits per heavy atom. The molecule has 1 heterocycles. The Balaban J connectivity index is 2.36. The molecule has 90 valence electrons. The van der Waals surface area contributed by atoms with E-state index in [0.29, 0.717) is 19.7 Å². The van der Waals surface area contributed by atoms with Gasteiger partial charge in [-0.25, -0.2) is 12.7 Å². The number of rotatable bonds is 5. The van der Waals surface area contributed by atoms with Crippen molar-refractivity contribution >= 4 is 10.0 Å². The van der Waals surface area contributed by atoms with Crippen LogP contribution >= 0.6 is 0 Å². The Morgan fingerprint density at radius 2 is 1.80 bits per heavy atom. The SMILES string of the molecule is CC(C)OCCS(=O)(=O)N1CCCCC1. The molecular formula is C10H21NO3S. The number of piperidine rings is 1. The van der Waals surface area contributed by atoms with Crippen molar-refractivity contribution in [3.05, 3.63) is 0 Å². The summed E-state index contributed by atoms with van der Waals surface area (Å²) in [7, 11) is -3.07. The highest BCUT2D eigenvalue weighted by molar-refractivity contribution is 7.89. The van der Waals surface area contributed by atoms with Crippen LogP contribution < -0.4 is 0 Å². The van der Waals surface area contributed by atoms with Crippen LogP contribution in [0.3, 0.4) is 0 Å². The number of hydrogen-bond donors (Lipinski definition) is 0. The smallest absolute Gasteiger partial charge is 0.216 e. The Kier molecular flexibility index (Phi) is 5.02. The van der Waals surface area contributed by atoms with Gasteiger partial charge in [0, 0.05) is 13.1 Å². The molecule has 0 radical (unpaired) electrons. The maximum Gasteiger partial charge on any atom is 0.216 e. The van der Waals surface area contributed by atoms with Crippen molar-refractivity contribution < 1.29 is 13.2 Å². The van der Waals surface area contributed by atoms with E-state index in [-0.39, 0.29) is 11.9 Å². The summed E-state index contributed by atoms with van der Waals surface area (Å²) in [6.07, 6.45) is 3.23. The van der Waals surface area contributed by atoms with E-state index in [4.69, 9.17) is 4.74 Å². The molecule has 4 nitrogen and oxygen atoms in total. The summed E-state index contributed by atoms with van der Waals surface area (Å²) in [5, 5.41) is 0. The largest absolute Gasteiger partial charge is 0.378 e. The summed E-state index contributed by atoms with van der Waals surface area (Å²) in [6, 6.07) is 0. The molecule has 0 saturated carbocycles. The predicted molar refractivity (Wildman–Crippen MR) is 60.3 cm³/mol. The second-order valence-corrected chi connectivity index (χ2v) is 6.28. The van der Waals surface area contributed by atoms with Crippen LogP contribution in [0.2, 0.25) is 0 Å². The van der Waals surface area contributed by atoms with Gasteiger partial charge in [-0.15, -0.1) is 0 Å². The average molecular weight is 235 g/mol. The van der Waals surface area contributed by atoms with Gasteiger partial charge in [0.15, 0.2) is 0 Å². The zero-order valence-corrected chi connectivity index (χ0v) is 10.4. The minimum atomic E-state index is -3.07. The van der Waals surface area contributed by atoms with Crippen molar-refractivity contribution in [2.75, 3.05) is 25.4 Å². The quantitative estimate of drug-likeness (QED) is 0.720. The second kappa shape index (κ2) is 5.82. The summed E-state index contributed by atoms with van der Waals surface area (Å²) >= 11 is 0. The molecular weight excluding hydrogens is 214 g/mol. The maximum absolute atomic E-state index is 11.8. The van der Waals surface area contributed by atoms with Crippen LogP contribution in [-0.2, 0) is 14.8 Å². The van der Waals surface area contributed by atoms with Gasteiger partial charge < -0.3 is 4.74 Å². The fourth-order valence-electron chi connectivity index (χ4n) is 1.66. The first-order valence-electron chi connectivity index (χ1n) is 5.62. The first kappa shape index (κ1) is 12.9. The molecule has 0 N–H and O–H groups in total. The fourth-order valence-corrected chi connectivity index (χ4v) is 3.04. The molecule has 0 aliphatic carbocycles. The van der Waals surface area contributed by atoms with Gasteiger partial charge in [0.05, 0.1) is 18.5 Å². The molecule has 0 atom stereocenters. The highest BCUT2D eigenvalue weighted by Crippen LogP contribution is 2.13. The van der Waals surface area contributed by atoms with E-state index in [2.05, 4.69) is 0 Å². The molecule has 0 amide bonds. The van der Waals surface area contributed by atoms with Crippen LogP contribution in [0.15, 0.2) is 0 Å². The Labute approximate surface area is 92.7 Å². The summed E-state index contributed by atoms with van der Waals surface area (Å²) in [5.41, 5.74) is 0. The molecule has 0 aromatic heterocycles. The third kappa shape index (κ3) is 4.49. The fraction of sp³-hybridized carbons (Fsp3) is 1.00. The number of ether oxygens (including phenoxy) is 1. The van der Waals surface area contributed by atoms with Crippen LogP contribution in [0.1, 0.15) is 33.1 Å². The van der Waals surface area contributed by atoms with Gasteiger partial charge in [-0.05, 0) is 26.7 Å². The van der Waals surface area contributed by atoms with Crippen molar-refractivity contribution in [3.63, 3.8) is 0 Å². The van der Waals surface area contributed by atoms with E-state index in [1.165, 1.54) is 0 Å². The molecule has 0 aromatic rings. The lowest BCUT2D eigenvalue weighted by Crippen LogP contribution is -2.38. The minimum Gasteiger partial charge on any atom is -0.378 e. The van der Waals surface area contributed by atoms with Gasteiger partial charge in [-0.3, -0.25) is 0 Å². The van der Waals surface area contributed by atoms with E-state index in [0.717, 1.165) is 19.3 Å². The van der Waals surface area contributed by atoms with Crippen molar-refractivity contribution in [3.8, 4) is 0 Å². The third-order valence-corrected chi connectivity index (χ3v) is 4.34. The Hall–Kier alpha value is -0.130. The monoisotopic (exact) mass is 235 g/mol. The molecule has 0 bridgehead atoms. The summed E-state index contributed by atoms with van der Waals surface area (Å²) in [4.78, 5) is 0. The standard InChI is InChI=1S/C10H21NO3S/c1-10(2)14-8-9-15(12,13)11-6-4-3-5-7-11/h10H,3-9H2,1-2H3. The zero-order valence-electron chi connectivity index (χ0n) is 9.61. The van der Waals surface area contributed by atoms with Gasteiger partial charge >= 0.3 is 0 Å². The van der Waals surface area contributed by atoms with E-state index < -0.39 is 10.0 Å². The number of nitrogens with zero attached hydrogens (tertiary/aromatic N) is 1. The predicted octanol–water partition coefficient (Wildman–Crippen LogP) is 1.23. The molecule has 1 saturated heterocycles. The first-order chi connectivity index (χ1) is 7.02.